The Bertz CT molecular complexity index is 498. The number of nitrogens with two attached hydrogens (primary N) is 2. The third kappa shape index (κ3) is 3.11. The molecule has 96 valence electrons. The van der Waals surface area contributed by atoms with Gasteiger partial charge in [0.05, 0.1) is 6.26 Å². The summed E-state index contributed by atoms with van der Waals surface area (Å²) in [5, 5.41) is 3.21. The molecule has 2 aromatic rings. The van der Waals surface area contributed by atoms with Crippen molar-refractivity contribution in [3.63, 3.8) is 0 Å². The fraction of sp³-hybridized carbons (Fsp3) is 0.273. The fourth-order valence-corrected chi connectivity index (χ4v) is 1.65. The Morgan fingerprint density at radius 1 is 1.39 bits per heavy atom. The molecule has 0 radical (unpaired) electrons. The van der Waals surface area contributed by atoms with E-state index in [1.807, 2.05) is 19.1 Å². The van der Waals surface area contributed by atoms with Crippen molar-refractivity contribution in [3.05, 3.63) is 30.2 Å². The second-order valence-electron chi connectivity index (χ2n) is 3.97. The van der Waals surface area contributed by atoms with E-state index < -0.39 is 0 Å². The number of hydrogen-bond acceptors (Lipinski definition) is 7. The summed E-state index contributed by atoms with van der Waals surface area (Å²) in [6.45, 7) is 2.02. The normalized spacial score (nSPS) is 12.1. The lowest BCUT2D eigenvalue weighted by atomic mass is 10.2. The molecule has 0 aromatic carbocycles. The third-order valence-corrected chi connectivity index (χ3v) is 2.37. The lowest BCUT2D eigenvalue weighted by Gasteiger charge is -2.14. The summed E-state index contributed by atoms with van der Waals surface area (Å²) in [6, 6.07) is 5.63. The molecule has 0 aliphatic rings. The monoisotopic (exact) mass is 248 g/mol. The van der Waals surface area contributed by atoms with Gasteiger partial charge in [-0.15, -0.1) is 0 Å². The SMILES string of the molecule is CC(Cc1ccco1)Nc1cc(NN)nc(N)n1. The van der Waals surface area contributed by atoms with Crippen LogP contribution in [-0.2, 0) is 6.42 Å². The van der Waals surface area contributed by atoms with Crippen LogP contribution < -0.4 is 22.3 Å². The molecule has 0 saturated carbocycles. The van der Waals surface area contributed by atoms with Crippen LogP contribution >= 0.6 is 0 Å². The average Bonchev–Trinajstić information content (AvgIpc) is 2.80. The maximum absolute atomic E-state index is 5.57. The van der Waals surface area contributed by atoms with Crippen LogP contribution in [0.15, 0.2) is 28.9 Å². The van der Waals surface area contributed by atoms with Crippen LogP contribution in [0, 0.1) is 0 Å². The fourth-order valence-electron chi connectivity index (χ4n) is 1.65. The molecule has 2 heterocycles. The van der Waals surface area contributed by atoms with Crippen molar-refractivity contribution in [2.45, 2.75) is 19.4 Å². The molecule has 6 N–H and O–H groups in total. The van der Waals surface area contributed by atoms with Crippen molar-refractivity contribution in [1.29, 1.82) is 0 Å². The van der Waals surface area contributed by atoms with Crippen LogP contribution in [0.5, 0.6) is 0 Å². The van der Waals surface area contributed by atoms with Crippen molar-refractivity contribution < 1.29 is 4.42 Å². The van der Waals surface area contributed by atoms with Gasteiger partial charge < -0.3 is 20.9 Å². The van der Waals surface area contributed by atoms with Gasteiger partial charge in [-0.25, -0.2) is 5.84 Å². The van der Waals surface area contributed by atoms with E-state index in [-0.39, 0.29) is 12.0 Å². The van der Waals surface area contributed by atoms with Crippen molar-refractivity contribution in [1.82, 2.24) is 9.97 Å². The lowest BCUT2D eigenvalue weighted by molar-refractivity contribution is 0.497. The van der Waals surface area contributed by atoms with Crippen LogP contribution in [0.25, 0.3) is 0 Å². The van der Waals surface area contributed by atoms with Gasteiger partial charge in [-0.1, -0.05) is 0 Å². The van der Waals surface area contributed by atoms with Crippen LogP contribution in [0.4, 0.5) is 17.6 Å². The zero-order valence-corrected chi connectivity index (χ0v) is 10.1. The maximum Gasteiger partial charge on any atom is 0.223 e. The van der Waals surface area contributed by atoms with E-state index >= 15 is 0 Å². The Morgan fingerprint density at radius 3 is 2.83 bits per heavy atom. The number of nitrogen functional groups attached to an aromatic ring is 2. The van der Waals surface area contributed by atoms with Gasteiger partial charge in [0.15, 0.2) is 0 Å². The predicted octanol–water partition coefficient (Wildman–Crippen LogP) is 0.980. The van der Waals surface area contributed by atoms with Crippen molar-refractivity contribution in [2.75, 3.05) is 16.5 Å². The molecular weight excluding hydrogens is 232 g/mol. The number of rotatable bonds is 5. The number of aromatic nitrogens is 2. The second-order valence-corrected chi connectivity index (χ2v) is 3.97. The van der Waals surface area contributed by atoms with Gasteiger partial charge in [0, 0.05) is 18.5 Å². The molecule has 18 heavy (non-hydrogen) atoms. The summed E-state index contributed by atoms with van der Waals surface area (Å²) >= 11 is 0. The minimum absolute atomic E-state index is 0.149. The van der Waals surface area contributed by atoms with E-state index in [4.69, 9.17) is 16.0 Å². The summed E-state index contributed by atoms with van der Waals surface area (Å²) in [4.78, 5) is 7.99. The summed E-state index contributed by atoms with van der Waals surface area (Å²) in [6.07, 6.45) is 2.41. The first-order valence-electron chi connectivity index (χ1n) is 5.57. The number of nitrogens with zero attached hydrogens (tertiary/aromatic N) is 2. The highest BCUT2D eigenvalue weighted by molar-refractivity contribution is 5.50. The lowest BCUT2D eigenvalue weighted by Crippen LogP contribution is -2.20. The molecule has 0 spiro atoms. The third-order valence-electron chi connectivity index (χ3n) is 2.37. The van der Waals surface area contributed by atoms with Crippen LogP contribution in [0.2, 0.25) is 0 Å². The molecule has 0 saturated heterocycles. The number of nitrogens with one attached hydrogen (secondary N) is 2. The van der Waals surface area contributed by atoms with Crippen LogP contribution in [0.3, 0.4) is 0 Å². The summed E-state index contributed by atoms with van der Waals surface area (Å²) in [5.74, 6) is 7.45. The Balaban J connectivity index is 2.02. The number of anilines is 3. The van der Waals surface area contributed by atoms with Gasteiger partial charge in [0.25, 0.3) is 0 Å². The molecule has 0 bridgehead atoms. The molecule has 0 amide bonds. The second kappa shape index (κ2) is 5.37. The molecular formula is C11H16N6O. The van der Waals surface area contributed by atoms with E-state index in [9.17, 15) is 0 Å². The summed E-state index contributed by atoms with van der Waals surface area (Å²) < 4.78 is 5.28. The molecule has 1 unspecified atom stereocenters. The predicted molar refractivity (Wildman–Crippen MR) is 69.8 cm³/mol. The van der Waals surface area contributed by atoms with Crippen molar-refractivity contribution in [2.24, 2.45) is 5.84 Å². The first-order valence-corrected chi connectivity index (χ1v) is 5.57. The van der Waals surface area contributed by atoms with E-state index in [2.05, 4.69) is 20.7 Å². The highest BCUT2D eigenvalue weighted by Crippen LogP contribution is 2.14. The first-order chi connectivity index (χ1) is 8.67. The quantitative estimate of drug-likeness (QED) is 0.460. The van der Waals surface area contributed by atoms with Gasteiger partial charge in [-0.2, -0.15) is 9.97 Å². The summed E-state index contributed by atoms with van der Waals surface area (Å²) in [7, 11) is 0. The zero-order valence-electron chi connectivity index (χ0n) is 10.1. The van der Waals surface area contributed by atoms with Gasteiger partial charge in [0.2, 0.25) is 5.95 Å². The van der Waals surface area contributed by atoms with Crippen LogP contribution in [-0.4, -0.2) is 16.0 Å². The molecule has 2 aromatic heterocycles. The molecule has 2 rings (SSSR count). The van der Waals surface area contributed by atoms with E-state index in [0.29, 0.717) is 11.6 Å². The van der Waals surface area contributed by atoms with Gasteiger partial charge in [0.1, 0.15) is 17.4 Å². The Kier molecular flexibility index (Phi) is 3.63. The Hall–Kier alpha value is -2.28. The topological polar surface area (TPSA) is 115 Å². The van der Waals surface area contributed by atoms with Gasteiger partial charge >= 0.3 is 0 Å². The van der Waals surface area contributed by atoms with Crippen LogP contribution in [0.1, 0.15) is 12.7 Å². The molecule has 0 fully saturated rings. The summed E-state index contributed by atoms with van der Waals surface area (Å²) in [5.41, 5.74) is 8.01. The molecule has 0 aliphatic heterocycles. The largest absolute Gasteiger partial charge is 0.469 e. The van der Waals surface area contributed by atoms with Gasteiger partial charge in [-0.05, 0) is 19.1 Å². The maximum atomic E-state index is 5.57. The average molecular weight is 248 g/mol. The minimum atomic E-state index is 0.149. The standard InChI is InChI=1S/C11H16N6O/c1-7(5-8-3-2-4-18-8)14-9-6-10(17-13)16-11(12)15-9/h2-4,6-7H,5,13H2,1H3,(H4,12,14,15,16,17). The molecule has 7 nitrogen and oxygen atoms in total. The molecule has 1 atom stereocenters. The molecule has 0 aliphatic carbocycles. The number of furan rings is 1. The zero-order chi connectivity index (χ0) is 13.0. The van der Waals surface area contributed by atoms with Crippen molar-refractivity contribution >= 4 is 17.6 Å². The van der Waals surface area contributed by atoms with E-state index in [0.717, 1.165) is 12.2 Å². The van der Waals surface area contributed by atoms with E-state index in [1.165, 1.54) is 0 Å². The molecule has 7 heteroatoms. The Morgan fingerprint density at radius 2 is 2.17 bits per heavy atom. The highest BCUT2D eigenvalue weighted by atomic mass is 16.3. The first kappa shape index (κ1) is 12.2. The number of hydrazine groups is 1. The minimum Gasteiger partial charge on any atom is -0.469 e. The smallest absolute Gasteiger partial charge is 0.223 e. The Labute approximate surface area is 105 Å². The van der Waals surface area contributed by atoms with Gasteiger partial charge in [-0.3, -0.25) is 0 Å². The highest BCUT2D eigenvalue weighted by Gasteiger charge is 2.08. The number of hydrogen-bond donors (Lipinski definition) is 4. The van der Waals surface area contributed by atoms with Crippen molar-refractivity contribution in [3.8, 4) is 0 Å². The van der Waals surface area contributed by atoms with E-state index in [1.54, 1.807) is 12.3 Å².